The average Bonchev–Trinajstić information content (AvgIpc) is 2.06. The highest BCUT2D eigenvalue weighted by molar-refractivity contribution is 9.10. The van der Waals surface area contributed by atoms with E-state index in [-0.39, 0.29) is 10.3 Å². The van der Waals surface area contributed by atoms with Gasteiger partial charge in [0, 0.05) is 16.2 Å². The maximum Gasteiger partial charge on any atom is 0.278 e. The number of nitrogens with zero attached hydrogens (tertiary/aromatic N) is 1. The van der Waals surface area contributed by atoms with Crippen LogP contribution in [0.2, 0.25) is 0 Å². The van der Waals surface area contributed by atoms with Crippen LogP contribution in [0, 0.1) is 0 Å². The zero-order valence-corrected chi connectivity index (χ0v) is 10.1. The fraction of sp³-hybridized carbons (Fsp3) is 0.167. The molecule has 0 fully saturated rings. The molecule has 0 unspecified atom stereocenters. The topological polar surface area (TPSA) is 73.1 Å². The molecule has 84 valence electrons. The van der Waals surface area contributed by atoms with Crippen molar-refractivity contribution in [1.82, 2.24) is 4.98 Å². The van der Waals surface area contributed by atoms with E-state index in [9.17, 15) is 17.2 Å². The van der Waals surface area contributed by atoms with Gasteiger partial charge < -0.3 is 5.73 Å². The zero-order valence-electron chi connectivity index (χ0n) is 6.92. The monoisotopic (exact) mass is 320 g/mol. The van der Waals surface area contributed by atoms with E-state index in [1.165, 1.54) is 0 Å². The fourth-order valence-electron chi connectivity index (χ4n) is 0.825. The lowest BCUT2D eigenvalue weighted by Crippen LogP contribution is -2.03. The Kier molecular flexibility index (Phi) is 3.51. The Morgan fingerprint density at radius 2 is 2.07 bits per heavy atom. The standard InChI is InChI=1S/C6H4BrClF2N2O2S/c7-5-4(11)2(6(9)10)1-3(12-5)15(8,13)14/h1,6H,11H2. The molecular formula is C6H4BrClF2N2O2S. The van der Waals surface area contributed by atoms with Gasteiger partial charge in [0.15, 0.2) is 5.03 Å². The maximum absolute atomic E-state index is 12.4. The van der Waals surface area contributed by atoms with Crippen molar-refractivity contribution in [3.05, 3.63) is 16.2 Å². The van der Waals surface area contributed by atoms with Gasteiger partial charge in [-0.2, -0.15) is 0 Å². The van der Waals surface area contributed by atoms with Crippen LogP contribution in [0.5, 0.6) is 0 Å². The molecule has 1 heterocycles. The van der Waals surface area contributed by atoms with Crippen molar-refractivity contribution < 1.29 is 17.2 Å². The lowest BCUT2D eigenvalue weighted by molar-refractivity contribution is 0.151. The fourth-order valence-corrected chi connectivity index (χ4v) is 2.07. The van der Waals surface area contributed by atoms with Crippen LogP contribution in [0.25, 0.3) is 0 Å². The van der Waals surface area contributed by atoms with Crippen LogP contribution >= 0.6 is 26.6 Å². The summed E-state index contributed by atoms with van der Waals surface area (Å²) in [5.41, 5.74) is 4.33. The molecule has 0 saturated carbocycles. The third-order valence-corrected chi connectivity index (χ3v) is 3.29. The molecule has 0 aliphatic carbocycles. The predicted octanol–water partition coefficient (Wildman–Crippen LogP) is 2.29. The second kappa shape index (κ2) is 4.18. The number of halogens is 4. The molecule has 0 radical (unpaired) electrons. The molecule has 0 aromatic carbocycles. The van der Waals surface area contributed by atoms with Gasteiger partial charge in [-0.3, -0.25) is 0 Å². The molecule has 0 aliphatic rings. The SMILES string of the molecule is Nc1c(C(F)F)cc(S(=O)(=O)Cl)nc1Br. The summed E-state index contributed by atoms with van der Waals surface area (Å²) in [6.07, 6.45) is -2.90. The van der Waals surface area contributed by atoms with Crippen LogP contribution in [0.3, 0.4) is 0 Å². The summed E-state index contributed by atoms with van der Waals surface area (Å²) in [6.45, 7) is 0. The first-order chi connectivity index (χ1) is 6.73. The minimum absolute atomic E-state index is 0.181. The molecule has 0 saturated heterocycles. The number of hydrogen-bond acceptors (Lipinski definition) is 4. The van der Waals surface area contributed by atoms with Gasteiger partial charge >= 0.3 is 0 Å². The third kappa shape index (κ3) is 2.76. The molecule has 2 N–H and O–H groups in total. The van der Waals surface area contributed by atoms with E-state index in [2.05, 4.69) is 20.9 Å². The maximum atomic E-state index is 12.4. The predicted molar refractivity (Wildman–Crippen MR) is 54.3 cm³/mol. The minimum atomic E-state index is -4.16. The smallest absolute Gasteiger partial charge is 0.278 e. The zero-order chi connectivity index (χ0) is 11.8. The van der Waals surface area contributed by atoms with Gasteiger partial charge in [0.05, 0.1) is 5.69 Å². The molecule has 0 spiro atoms. The van der Waals surface area contributed by atoms with Crippen molar-refractivity contribution in [2.75, 3.05) is 5.73 Å². The Balaban J connectivity index is 3.50. The highest BCUT2D eigenvalue weighted by Gasteiger charge is 2.21. The van der Waals surface area contributed by atoms with Crippen LogP contribution in [0.1, 0.15) is 12.0 Å². The van der Waals surface area contributed by atoms with Gasteiger partial charge in [0.2, 0.25) is 0 Å². The molecule has 0 atom stereocenters. The lowest BCUT2D eigenvalue weighted by Gasteiger charge is -2.07. The van der Waals surface area contributed by atoms with E-state index < -0.39 is 26.1 Å². The second-order valence-electron chi connectivity index (χ2n) is 2.49. The van der Waals surface area contributed by atoms with Gasteiger partial charge in [0.25, 0.3) is 15.5 Å². The van der Waals surface area contributed by atoms with Crippen molar-refractivity contribution in [3.8, 4) is 0 Å². The van der Waals surface area contributed by atoms with E-state index in [0.29, 0.717) is 6.07 Å². The summed E-state index contributed by atoms with van der Waals surface area (Å²) < 4.78 is 46.4. The van der Waals surface area contributed by atoms with Crippen LogP contribution in [-0.4, -0.2) is 13.4 Å². The van der Waals surface area contributed by atoms with Crippen LogP contribution in [-0.2, 0) is 9.05 Å². The lowest BCUT2D eigenvalue weighted by atomic mass is 10.2. The first kappa shape index (κ1) is 12.6. The molecule has 1 aromatic rings. The van der Waals surface area contributed by atoms with E-state index in [1.54, 1.807) is 0 Å². The van der Waals surface area contributed by atoms with E-state index >= 15 is 0 Å². The van der Waals surface area contributed by atoms with Crippen LogP contribution < -0.4 is 5.73 Å². The summed E-state index contributed by atoms with van der Waals surface area (Å²) in [5, 5.41) is -0.666. The third-order valence-electron chi connectivity index (χ3n) is 1.51. The highest BCUT2D eigenvalue weighted by atomic mass is 79.9. The molecule has 0 aliphatic heterocycles. The summed E-state index contributed by atoms with van der Waals surface area (Å²) >= 11 is 2.77. The van der Waals surface area contributed by atoms with Gasteiger partial charge in [-0.1, -0.05) is 0 Å². The molecular weight excluding hydrogens is 317 g/mol. The largest absolute Gasteiger partial charge is 0.396 e. The molecule has 1 aromatic heterocycles. The Morgan fingerprint density at radius 1 is 1.53 bits per heavy atom. The Hall–Kier alpha value is -0.470. The summed E-state index contributed by atoms with van der Waals surface area (Å²) in [7, 11) is 0.807. The highest BCUT2D eigenvalue weighted by Crippen LogP contribution is 2.32. The van der Waals surface area contributed by atoms with Gasteiger partial charge in [-0.15, -0.1) is 0 Å². The quantitative estimate of drug-likeness (QED) is 0.670. The minimum Gasteiger partial charge on any atom is -0.396 e. The van der Waals surface area contributed by atoms with Crippen LogP contribution in [0.15, 0.2) is 15.7 Å². The molecule has 0 amide bonds. The molecule has 0 bridgehead atoms. The van der Waals surface area contributed by atoms with Gasteiger partial charge in [-0.25, -0.2) is 22.2 Å². The van der Waals surface area contributed by atoms with Crippen LogP contribution in [0.4, 0.5) is 14.5 Å². The Bertz CT molecular complexity index is 494. The van der Waals surface area contributed by atoms with Gasteiger partial charge in [0.1, 0.15) is 4.60 Å². The van der Waals surface area contributed by atoms with Crippen molar-refractivity contribution in [1.29, 1.82) is 0 Å². The molecule has 9 heteroatoms. The van der Waals surface area contributed by atoms with Crippen molar-refractivity contribution >= 4 is 41.4 Å². The number of pyridine rings is 1. The number of alkyl halides is 2. The number of hydrogen-bond donors (Lipinski definition) is 1. The molecule has 15 heavy (non-hydrogen) atoms. The Morgan fingerprint density at radius 3 is 2.47 bits per heavy atom. The van der Waals surface area contributed by atoms with E-state index in [0.717, 1.165) is 0 Å². The van der Waals surface area contributed by atoms with Crippen molar-refractivity contribution in [2.24, 2.45) is 0 Å². The normalized spacial score (nSPS) is 12.1. The van der Waals surface area contributed by atoms with E-state index in [4.69, 9.17) is 16.4 Å². The van der Waals surface area contributed by atoms with Crippen molar-refractivity contribution in [2.45, 2.75) is 11.5 Å². The summed E-state index contributed by atoms with van der Waals surface area (Å²) in [5.74, 6) is 0. The second-order valence-corrected chi connectivity index (χ2v) is 5.76. The number of aromatic nitrogens is 1. The number of rotatable bonds is 2. The Labute approximate surface area is 97.0 Å². The first-order valence-electron chi connectivity index (χ1n) is 3.42. The molecule has 4 nitrogen and oxygen atoms in total. The average molecular weight is 322 g/mol. The van der Waals surface area contributed by atoms with Gasteiger partial charge in [-0.05, 0) is 22.0 Å². The molecule has 1 rings (SSSR count). The number of nitrogens with two attached hydrogens (primary N) is 1. The number of nitrogen functional groups attached to an aromatic ring is 1. The number of anilines is 1. The van der Waals surface area contributed by atoms with E-state index in [1.807, 2.05) is 0 Å². The summed E-state index contributed by atoms with van der Waals surface area (Å²) in [6, 6.07) is 0.646. The van der Waals surface area contributed by atoms with Crippen molar-refractivity contribution in [3.63, 3.8) is 0 Å². The first-order valence-corrected chi connectivity index (χ1v) is 6.52. The summed E-state index contributed by atoms with van der Waals surface area (Å²) in [4.78, 5) is 3.43.